The van der Waals surface area contributed by atoms with Gasteiger partial charge in [0, 0.05) is 37.7 Å². The molecule has 69 heavy (non-hydrogen) atoms. The fraction of sp³-hybridized carbons (Fsp3) is 0.418. The number of rotatable bonds is 21. The number of phenols is 1. The standard InChI is InChI=1S/C55H69N4O9P/c1-58(2)43-35-42(49(61)46-40(43)33-36-34-41-48(59(3)4)51(63)47(54(56)66)53(65)55(41,67)52(64)45(36)50(46)62)57-44(60)31-23-12-10-8-6-5-7-9-11-13-24-32-69(68,37-25-17-14-18-26-37,38-27-19-15-20-28-38)39-29-21-16-22-30-39/h14-22,25-30,35-36,41,48,61-62,65,67-68H,5-13,23-24,31-34H2,1-4H3,(H2,56,66)(H,57,60)/t36-,41-,48-,55-/m0/s1. The Balaban J connectivity index is 0.894. The second kappa shape index (κ2) is 21.0. The normalized spacial score (nSPS) is 20.7. The van der Waals surface area contributed by atoms with Gasteiger partial charge in [-0.05, 0) is 44.5 Å². The van der Waals surface area contributed by atoms with Gasteiger partial charge in [0.15, 0.2) is 11.4 Å². The summed E-state index contributed by atoms with van der Waals surface area (Å²) in [5, 5.41) is 52.4. The molecule has 0 saturated heterocycles. The Hall–Kier alpha value is -5.85. The second-order valence-electron chi connectivity index (χ2n) is 19.7. The number of nitrogens with zero attached hydrogens (tertiary/aromatic N) is 2. The molecule has 0 aliphatic heterocycles. The van der Waals surface area contributed by atoms with Crippen molar-refractivity contribution in [1.82, 2.24) is 4.90 Å². The summed E-state index contributed by atoms with van der Waals surface area (Å²) in [7, 11) is 6.67. The summed E-state index contributed by atoms with van der Waals surface area (Å²) in [6, 6.07) is 31.1. The molecule has 0 aromatic heterocycles. The summed E-state index contributed by atoms with van der Waals surface area (Å²) >= 11 is 0. The van der Waals surface area contributed by atoms with Gasteiger partial charge in [-0.15, -0.1) is 0 Å². The zero-order valence-corrected chi connectivity index (χ0v) is 41.3. The smallest absolute Gasteiger partial charge is 0.255 e. The topological polar surface area (TPSA) is 214 Å². The third kappa shape index (κ3) is 9.46. The maximum absolute atomic E-state index is 14.3. The van der Waals surface area contributed by atoms with E-state index in [9.17, 15) is 44.5 Å². The molecule has 13 nitrogen and oxygen atoms in total. The Bertz CT molecular complexity index is 2520. The van der Waals surface area contributed by atoms with Gasteiger partial charge in [0.1, 0.15) is 22.8 Å². The van der Waals surface area contributed by atoms with Crippen molar-refractivity contribution in [2.45, 2.75) is 102 Å². The van der Waals surface area contributed by atoms with Crippen molar-refractivity contribution in [1.29, 1.82) is 0 Å². The van der Waals surface area contributed by atoms with Gasteiger partial charge in [-0.1, -0.05) is 0 Å². The average molecular weight is 961 g/mol. The SMILES string of the molecule is CN(C)c1cc(NC(=O)CCCCCCCCCCCCCP(O)(c2ccccc2)(c2ccccc2)c2ccccc2)c(O)c2c1C[C@H]1C[C@H]3[C@H](N(C)C)C(=O)C(C(N)=O)=C(O)[C@@]3(O)C(=O)C1=C2O. The summed E-state index contributed by atoms with van der Waals surface area (Å²) in [6.07, 6.45) is 12.2. The number of phenolic OH excluding ortho intramolecular Hbond substituents is 1. The van der Waals surface area contributed by atoms with Crippen LogP contribution in [-0.4, -0.2) is 99.6 Å². The Morgan fingerprint density at radius 1 is 0.739 bits per heavy atom. The maximum atomic E-state index is 14.3. The number of carbonyl (C=O) groups is 4. The van der Waals surface area contributed by atoms with E-state index in [-0.39, 0.29) is 42.0 Å². The number of fused-ring (bicyclic) bond motifs is 3. The number of ketones is 2. The number of nitrogens with two attached hydrogens (primary N) is 1. The number of amides is 2. The van der Waals surface area contributed by atoms with Crippen LogP contribution in [0.2, 0.25) is 0 Å². The number of hydrogen-bond acceptors (Lipinski definition) is 11. The van der Waals surface area contributed by atoms with Gasteiger partial charge in [-0.3, -0.25) is 24.1 Å². The maximum Gasteiger partial charge on any atom is 0.255 e. The van der Waals surface area contributed by atoms with Crippen LogP contribution >= 0.6 is 6.83 Å². The van der Waals surface area contributed by atoms with Crippen molar-refractivity contribution in [3.63, 3.8) is 0 Å². The van der Waals surface area contributed by atoms with Crippen LogP contribution < -0.4 is 31.9 Å². The average Bonchev–Trinajstić information content (AvgIpc) is 3.33. The number of carbonyl (C=O) groups excluding carboxylic acids is 4. The number of anilines is 2. The van der Waals surface area contributed by atoms with Gasteiger partial charge in [0.2, 0.25) is 11.7 Å². The number of nitrogens with one attached hydrogen (secondary N) is 1. The van der Waals surface area contributed by atoms with E-state index in [0.29, 0.717) is 23.8 Å². The van der Waals surface area contributed by atoms with Crippen LogP contribution in [0.1, 0.15) is 94.6 Å². The molecule has 0 heterocycles. The largest absolute Gasteiger partial charge is 0.508 e. The van der Waals surface area contributed by atoms with E-state index in [1.807, 2.05) is 54.6 Å². The Labute approximate surface area is 405 Å². The monoisotopic (exact) mass is 960 g/mol. The number of likely N-dealkylation sites (N-methyl/N-ethyl adjacent to an activating group) is 1. The predicted molar refractivity (Wildman–Crippen MR) is 275 cm³/mol. The molecule has 4 atom stereocenters. The quantitative estimate of drug-likeness (QED) is 0.0194. The molecule has 14 heteroatoms. The zero-order chi connectivity index (χ0) is 49.7. The summed E-state index contributed by atoms with van der Waals surface area (Å²) in [6.45, 7) is -3.70. The molecule has 1 saturated carbocycles. The van der Waals surface area contributed by atoms with E-state index in [0.717, 1.165) is 80.1 Å². The van der Waals surface area contributed by atoms with Crippen LogP contribution in [0.4, 0.5) is 11.4 Å². The number of Topliss-reactive ketones (excluding diaryl/α,β-unsaturated/α-hetero) is 2. The van der Waals surface area contributed by atoms with Crippen LogP contribution in [0.5, 0.6) is 5.75 Å². The number of aliphatic hydroxyl groups excluding tert-OH is 2. The van der Waals surface area contributed by atoms with Crippen LogP contribution in [0, 0.1) is 11.8 Å². The van der Waals surface area contributed by atoms with Crippen LogP contribution in [-0.2, 0) is 25.6 Å². The molecule has 1 fully saturated rings. The first-order valence-corrected chi connectivity index (χ1v) is 26.8. The van der Waals surface area contributed by atoms with E-state index in [1.54, 1.807) is 39.2 Å². The minimum atomic E-state index is -3.70. The number of hydrogen-bond donors (Lipinski definition) is 7. The van der Waals surface area contributed by atoms with Crippen molar-refractivity contribution in [3.05, 3.63) is 125 Å². The second-order valence-corrected chi connectivity index (χ2v) is 24.2. The molecular formula is C55H69N4O9P. The fourth-order valence-corrected chi connectivity index (χ4v) is 16.3. The molecule has 3 aliphatic rings. The van der Waals surface area contributed by atoms with Gasteiger partial charge in [-0.25, -0.2) is 0 Å². The molecule has 3 aliphatic carbocycles. The molecule has 2 amide bonds. The molecule has 4 aromatic rings. The minimum absolute atomic E-state index is 0.0205. The van der Waals surface area contributed by atoms with Crippen molar-refractivity contribution in [2.75, 3.05) is 44.6 Å². The number of benzene rings is 4. The Kier molecular flexibility index (Phi) is 15.5. The van der Waals surface area contributed by atoms with Crippen molar-refractivity contribution in [3.8, 4) is 5.75 Å². The first-order valence-electron chi connectivity index (χ1n) is 24.4. The molecule has 0 bridgehead atoms. The number of primary amides is 1. The molecule has 4 aromatic carbocycles. The summed E-state index contributed by atoms with van der Waals surface area (Å²) in [4.78, 5) is 69.9. The van der Waals surface area contributed by atoms with E-state index >= 15 is 0 Å². The molecular weight excluding hydrogens is 892 g/mol. The molecule has 0 spiro atoms. The first kappa shape index (κ1) is 51.0. The summed E-state index contributed by atoms with van der Waals surface area (Å²) < 4.78 is 0. The number of aliphatic hydroxyl groups is 3. The van der Waals surface area contributed by atoms with E-state index in [2.05, 4.69) is 41.7 Å². The minimum Gasteiger partial charge on any atom is -0.508 e. The third-order valence-electron chi connectivity index (χ3n) is 14.9. The van der Waals surface area contributed by atoms with Gasteiger partial charge in [0.25, 0.3) is 5.91 Å². The van der Waals surface area contributed by atoms with Gasteiger partial charge in [0.05, 0.1) is 17.3 Å². The predicted octanol–water partition coefficient (Wildman–Crippen LogP) is 7.09. The van der Waals surface area contributed by atoms with Crippen molar-refractivity contribution in [2.24, 2.45) is 17.6 Å². The van der Waals surface area contributed by atoms with Crippen molar-refractivity contribution < 1.29 is 44.5 Å². The first-order chi connectivity index (χ1) is 33.0. The van der Waals surface area contributed by atoms with E-state index < -0.39 is 70.6 Å². The molecule has 0 unspecified atom stereocenters. The Morgan fingerprint density at radius 3 is 1.68 bits per heavy atom. The molecule has 8 N–H and O–H groups in total. The molecule has 368 valence electrons. The molecule has 0 radical (unpaired) electrons. The summed E-state index contributed by atoms with van der Waals surface area (Å²) in [5.74, 6) is -7.62. The van der Waals surface area contributed by atoms with Gasteiger partial charge in [-0.2, -0.15) is 0 Å². The Morgan fingerprint density at radius 2 is 1.22 bits per heavy atom. The van der Waals surface area contributed by atoms with Gasteiger partial charge < -0.3 is 36.4 Å². The van der Waals surface area contributed by atoms with E-state index in [1.165, 1.54) is 4.90 Å². The van der Waals surface area contributed by atoms with Crippen LogP contribution in [0.3, 0.4) is 0 Å². The van der Waals surface area contributed by atoms with E-state index in [4.69, 9.17) is 5.73 Å². The van der Waals surface area contributed by atoms with Crippen LogP contribution in [0.25, 0.3) is 5.76 Å². The number of aromatic hydroxyl groups is 1. The van der Waals surface area contributed by atoms with Crippen LogP contribution in [0.15, 0.2) is 114 Å². The fourth-order valence-electron chi connectivity index (χ4n) is 11.4. The zero-order valence-electron chi connectivity index (χ0n) is 40.4. The van der Waals surface area contributed by atoms with Gasteiger partial charge >= 0.3 is 195 Å². The summed E-state index contributed by atoms with van der Waals surface area (Å²) in [5.41, 5.74) is 2.64. The number of unbranched alkanes of at least 4 members (excludes halogenated alkanes) is 10. The molecule has 7 rings (SSSR count). The van der Waals surface area contributed by atoms with Crippen molar-refractivity contribution >= 4 is 63.3 Å². The third-order valence-corrected chi connectivity index (χ3v) is 20.3.